The summed E-state index contributed by atoms with van der Waals surface area (Å²) in [6, 6.07) is 12.9. The summed E-state index contributed by atoms with van der Waals surface area (Å²) in [6.07, 6.45) is 0.137. The van der Waals surface area contributed by atoms with Crippen molar-refractivity contribution < 1.29 is 28.2 Å². The molecule has 0 saturated heterocycles. The monoisotopic (exact) mass is 414 g/mol. The summed E-state index contributed by atoms with van der Waals surface area (Å²) in [6.45, 7) is 1.82. The summed E-state index contributed by atoms with van der Waals surface area (Å²) in [7, 11) is 0. The first-order valence-electron chi connectivity index (χ1n) is 9.68. The van der Waals surface area contributed by atoms with Crippen LogP contribution >= 0.6 is 0 Å². The highest BCUT2D eigenvalue weighted by molar-refractivity contribution is 5.99. The van der Waals surface area contributed by atoms with E-state index in [9.17, 15) is 18.8 Å². The number of carbonyl (C=O) groups excluding carboxylic acids is 3. The van der Waals surface area contributed by atoms with Crippen LogP contribution in [0.4, 0.5) is 10.1 Å². The molecule has 1 heterocycles. The number of amides is 2. The second-order valence-corrected chi connectivity index (χ2v) is 6.74. The minimum Gasteiger partial charge on any atom is -0.491 e. The van der Waals surface area contributed by atoms with Crippen molar-refractivity contribution in [2.24, 2.45) is 0 Å². The minimum absolute atomic E-state index is 0.137. The predicted octanol–water partition coefficient (Wildman–Crippen LogP) is 2.53. The Morgan fingerprint density at radius 3 is 2.77 bits per heavy atom. The highest BCUT2D eigenvalue weighted by Crippen LogP contribution is 2.30. The minimum atomic E-state index is -0.699. The second kappa shape index (κ2) is 9.87. The fourth-order valence-electron chi connectivity index (χ4n) is 3.13. The van der Waals surface area contributed by atoms with Gasteiger partial charge in [-0.15, -0.1) is 0 Å². The molecule has 0 radical (unpaired) electrons. The van der Waals surface area contributed by atoms with Crippen LogP contribution in [0.1, 0.15) is 18.9 Å². The van der Waals surface area contributed by atoms with Gasteiger partial charge in [-0.1, -0.05) is 24.3 Å². The van der Waals surface area contributed by atoms with E-state index in [0.717, 1.165) is 0 Å². The zero-order valence-corrected chi connectivity index (χ0v) is 16.7. The Morgan fingerprint density at radius 1 is 1.20 bits per heavy atom. The molecule has 0 aliphatic carbocycles. The van der Waals surface area contributed by atoms with E-state index in [2.05, 4.69) is 0 Å². The molecule has 2 aromatic carbocycles. The van der Waals surface area contributed by atoms with E-state index in [4.69, 9.17) is 9.47 Å². The number of halogens is 1. The van der Waals surface area contributed by atoms with Crippen LogP contribution in [0.15, 0.2) is 48.5 Å². The number of nitrogens with zero attached hydrogens (tertiary/aromatic N) is 2. The SMILES string of the molecule is CCN(Cc1cccc(F)c1)C(=O)COC(=O)CN1C(=O)CCOc2ccccc21. The van der Waals surface area contributed by atoms with Crippen LogP contribution in [0.2, 0.25) is 0 Å². The normalized spacial score (nSPS) is 13.1. The zero-order chi connectivity index (χ0) is 21.5. The number of ether oxygens (including phenoxy) is 2. The Labute approximate surface area is 174 Å². The van der Waals surface area contributed by atoms with Crippen molar-refractivity contribution in [3.05, 3.63) is 59.9 Å². The number of anilines is 1. The lowest BCUT2D eigenvalue weighted by atomic mass is 10.2. The van der Waals surface area contributed by atoms with Gasteiger partial charge in [-0.05, 0) is 36.8 Å². The van der Waals surface area contributed by atoms with E-state index in [1.807, 2.05) is 0 Å². The van der Waals surface area contributed by atoms with Gasteiger partial charge in [0.2, 0.25) is 5.91 Å². The van der Waals surface area contributed by atoms with E-state index >= 15 is 0 Å². The molecule has 3 rings (SSSR count). The molecule has 1 aliphatic heterocycles. The number of likely N-dealkylation sites (N-methyl/N-ethyl adjacent to an activating group) is 1. The molecule has 2 amide bonds. The molecule has 8 heteroatoms. The van der Waals surface area contributed by atoms with Crippen molar-refractivity contribution >= 4 is 23.5 Å². The van der Waals surface area contributed by atoms with E-state index in [1.54, 1.807) is 43.3 Å². The smallest absolute Gasteiger partial charge is 0.326 e. The Balaban J connectivity index is 1.58. The van der Waals surface area contributed by atoms with Gasteiger partial charge >= 0.3 is 5.97 Å². The lowest BCUT2D eigenvalue weighted by molar-refractivity contribution is -0.151. The van der Waals surface area contributed by atoms with Crippen LogP contribution in [0.5, 0.6) is 5.75 Å². The van der Waals surface area contributed by atoms with Crippen LogP contribution in [0.3, 0.4) is 0 Å². The van der Waals surface area contributed by atoms with E-state index < -0.39 is 18.5 Å². The van der Waals surface area contributed by atoms with Crippen molar-refractivity contribution in [2.75, 3.05) is 31.2 Å². The van der Waals surface area contributed by atoms with Gasteiger partial charge < -0.3 is 14.4 Å². The van der Waals surface area contributed by atoms with Crippen LogP contribution in [-0.2, 0) is 25.7 Å². The number of carbonyl (C=O) groups is 3. The Bertz CT molecular complexity index is 933. The Kier molecular flexibility index (Phi) is 7.00. The van der Waals surface area contributed by atoms with Gasteiger partial charge in [0.05, 0.1) is 18.7 Å². The van der Waals surface area contributed by atoms with Gasteiger partial charge in [0.1, 0.15) is 18.1 Å². The molecule has 158 valence electrons. The van der Waals surface area contributed by atoms with E-state index in [0.29, 0.717) is 23.5 Å². The van der Waals surface area contributed by atoms with Crippen LogP contribution in [0.25, 0.3) is 0 Å². The number of hydrogen-bond donors (Lipinski definition) is 0. The van der Waals surface area contributed by atoms with Crippen LogP contribution < -0.4 is 9.64 Å². The first kappa shape index (κ1) is 21.3. The standard InChI is InChI=1S/C22H23FN2O5/c1-2-24(13-16-6-5-7-17(23)12-16)21(27)15-30-22(28)14-25-18-8-3-4-9-19(18)29-11-10-20(25)26/h3-9,12H,2,10-11,13-15H2,1H3. The number of para-hydroxylation sites is 2. The maximum absolute atomic E-state index is 13.4. The number of esters is 1. The van der Waals surface area contributed by atoms with Gasteiger partial charge in [0.25, 0.3) is 5.91 Å². The van der Waals surface area contributed by atoms with Gasteiger partial charge in [-0.3, -0.25) is 19.3 Å². The lowest BCUT2D eigenvalue weighted by Gasteiger charge is -2.22. The van der Waals surface area contributed by atoms with Gasteiger partial charge in [-0.25, -0.2) is 4.39 Å². The van der Waals surface area contributed by atoms with Crippen molar-refractivity contribution in [3.63, 3.8) is 0 Å². The van der Waals surface area contributed by atoms with Crippen LogP contribution in [-0.4, -0.2) is 49.0 Å². The average molecular weight is 414 g/mol. The Morgan fingerprint density at radius 2 is 2.00 bits per heavy atom. The largest absolute Gasteiger partial charge is 0.491 e. The zero-order valence-electron chi connectivity index (χ0n) is 16.7. The fourth-order valence-corrected chi connectivity index (χ4v) is 3.13. The summed E-state index contributed by atoms with van der Waals surface area (Å²) >= 11 is 0. The maximum atomic E-state index is 13.4. The molecule has 1 aliphatic rings. The summed E-state index contributed by atoms with van der Waals surface area (Å²) < 4.78 is 24.0. The molecular formula is C22H23FN2O5. The van der Waals surface area contributed by atoms with Crippen LogP contribution in [0, 0.1) is 5.82 Å². The summed E-state index contributed by atoms with van der Waals surface area (Å²) in [5, 5.41) is 0. The third kappa shape index (κ3) is 5.34. The molecule has 2 aromatic rings. The number of benzene rings is 2. The molecule has 0 spiro atoms. The molecule has 7 nitrogen and oxygen atoms in total. The molecule has 0 fully saturated rings. The Hall–Kier alpha value is -3.42. The van der Waals surface area contributed by atoms with Crippen molar-refractivity contribution in [1.82, 2.24) is 4.90 Å². The van der Waals surface area contributed by atoms with Crippen molar-refractivity contribution in [3.8, 4) is 5.75 Å². The molecule has 0 N–H and O–H groups in total. The summed E-state index contributed by atoms with van der Waals surface area (Å²) in [5.74, 6) is -1.23. The first-order chi connectivity index (χ1) is 14.5. The molecule has 0 unspecified atom stereocenters. The maximum Gasteiger partial charge on any atom is 0.326 e. The third-order valence-electron chi connectivity index (χ3n) is 4.67. The average Bonchev–Trinajstić information content (AvgIpc) is 2.89. The number of rotatable bonds is 7. The first-order valence-corrected chi connectivity index (χ1v) is 9.68. The van der Waals surface area contributed by atoms with Crippen molar-refractivity contribution in [2.45, 2.75) is 19.9 Å². The topological polar surface area (TPSA) is 76.2 Å². The second-order valence-electron chi connectivity index (χ2n) is 6.74. The van der Waals surface area contributed by atoms with Gasteiger partial charge in [-0.2, -0.15) is 0 Å². The number of hydrogen-bond acceptors (Lipinski definition) is 5. The quantitative estimate of drug-likeness (QED) is 0.651. The van der Waals surface area contributed by atoms with Crippen molar-refractivity contribution in [1.29, 1.82) is 0 Å². The van der Waals surface area contributed by atoms with Gasteiger partial charge in [0, 0.05) is 13.1 Å². The third-order valence-corrected chi connectivity index (χ3v) is 4.67. The molecule has 0 saturated carbocycles. The number of fused-ring (bicyclic) bond motifs is 1. The molecule has 0 bridgehead atoms. The molecule has 0 atom stereocenters. The lowest BCUT2D eigenvalue weighted by Crippen LogP contribution is -2.38. The molecular weight excluding hydrogens is 391 g/mol. The van der Waals surface area contributed by atoms with E-state index in [-0.39, 0.29) is 37.8 Å². The van der Waals surface area contributed by atoms with E-state index in [1.165, 1.54) is 21.9 Å². The predicted molar refractivity (Wildman–Crippen MR) is 107 cm³/mol. The molecule has 0 aromatic heterocycles. The highest BCUT2D eigenvalue weighted by atomic mass is 19.1. The fraction of sp³-hybridized carbons (Fsp3) is 0.318. The molecule has 30 heavy (non-hydrogen) atoms. The summed E-state index contributed by atoms with van der Waals surface area (Å²) in [5.41, 5.74) is 1.13. The highest BCUT2D eigenvalue weighted by Gasteiger charge is 2.26. The summed E-state index contributed by atoms with van der Waals surface area (Å²) in [4.78, 5) is 39.9. The van der Waals surface area contributed by atoms with Gasteiger partial charge in [0.15, 0.2) is 6.61 Å².